The summed E-state index contributed by atoms with van der Waals surface area (Å²) in [5, 5.41) is 2.20. The molecule has 10 aromatic rings. The summed E-state index contributed by atoms with van der Waals surface area (Å²) in [6, 6.07) is 72.9. The lowest BCUT2D eigenvalue weighted by Crippen LogP contribution is -2.01. The summed E-state index contributed by atoms with van der Waals surface area (Å²) in [5.41, 5.74) is 12.0. The number of hydrogen-bond acceptors (Lipinski definition) is 5. The Balaban J connectivity index is 1.03. The van der Waals surface area contributed by atoms with Crippen molar-refractivity contribution in [3.8, 4) is 90.3 Å². The van der Waals surface area contributed by atoms with Crippen molar-refractivity contribution in [3.63, 3.8) is 0 Å². The molecule has 0 bridgehead atoms. The van der Waals surface area contributed by atoms with Gasteiger partial charge in [0, 0.05) is 33.4 Å². The Kier molecular flexibility index (Phi) is 9.14. The van der Waals surface area contributed by atoms with Gasteiger partial charge in [0.1, 0.15) is 0 Å². The van der Waals surface area contributed by atoms with Gasteiger partial charge in [0.05, 0.1) is 11.4 Å². The Bertz CT molecular complexity index is 2890. The molecular weight excluding hydrogens is 707 g/mol. The fourth-order valence-electron chi connectivity index (χ4n) is 7.42. The minimum atomic E-state index is 0.633. The standard InChI is InChI=1S/C53H35N5/c1-5-16-40(17-6-1)47-35-48(41-18-7-2-8-19-41)55-50(54-47)44-31-27-37(28-32-44)36-25-29-39(30-26-36)46-34-33-38-15-13-14-24-45(38)49(46)53-57-51(42-20-9-3-10-21-42)56-52(58-53)43-22-11-4-12-23-43/h1-35H. The molecular formula is C53H35N5. The number of benzene rings is 8. The van der Waals surface area contributed by atoms with Gasteiger partial charge in [0.2, 0.25) is 0 Å². The second kappa shape index (κ2) is 15.3. The molecule has 0 saturated heterocycles. The van der Waals surface area contributed by atoms with Crippen LogP contribution in [0.15, 0.2) is 212 Å². The molecule has 5 heteroatoms. The largest absolute Gasteiger partial charge is 0.228 e. The molecule has 0 atom stereocenters. The van der Waals surface area contributed by atoms with Crippen LogP contribution in [-0.2, 0) is 0 Å². The third-order valence-electron chi connectivity index (χ3n) is 10.4. The van der Waals surface area contributed by atoms with E-state index in [4.69, 9.17) is 24.9 Å². The Morgan fingerprint density at radius 3 is 1.14 bits per heavy atom. The molecule has 5 nitrogen and oxygen atoms in total. The first-order chi connectivity index (χ1) is 28.7. The highest BCUT2D eigenvalue weighted by Gasteiger charge is 2.19. The molecule has 2 heterocycles. The van der Waals surface area contributed by atoms with Crippen LogP contribution in [0.5, 0.6) is 0 Å². The molecule has 0 unspecified atom stereocenters. The Hall–Kier alpha value is -7.89. The quantitative estimate of drug-likeness (QED) is 0.155. The molecule has 58 heavy (non-hydrogen) atoms. The molecule has 0 amide bonds. The SMILES string of the molecule is c1ccc(-c2cc(-c3ccccc3)nc(-c3ccc(-c4ccc(-c5ccc6ccccc6c5-c5nc(-c6ccccc6)nc(-c6ccccc6)n5)cc4)cc3)n2)cc1. The molecule has 0 radical (unpaired) electrons. The van der Waals surface area contributed by atoms with Crippen molar-refractivity contribution in [2.45, 2.75) is 0 Å². The van der Waals surface area contributed by atoms with Crippen LogP contribution in [0.3, 0.4) is 0 Å². The van der Waals surface area contributed by atoms with Gasteiger partial charge >= 0.3 is 0 Å². The van der Waals surface area contributed by atoms with Gasteiger partial charge < -0.3 is 0 Å². The Morgan fingerprint density at radius 1 is 0.241 bits per heavy atom. The van der Waals surface area contributed by atoms with Gasteiger partial charge in [-0.2, -0.15) is 0 Å². The van der Waals surface area contributed by atoms with Crippen molar-refractivity contribution in [2.24, 2.45) is 0 Å². The van der Waals surface area contributed by atoms with Crippen molar-refractivity contribution in [1.29, 1.82) is 0 Å². The van der Waals surface area contributed by atoms with Crippen molar-refractivity contribution < 1.29 is 0 Å². The van der Waals surface area contributed by atoms with E-state index in [1.807, 2.05) is 97.1 Å². The highest BCUT2D eigenvalue weighted by molar-refractivity contribution is 6.03. The number of nitrogens with zero attached hydrogens (tertiary/aromatic N) is 5. The molecule has 0 aliphatic heterocycles. The topological polar surface area (TPSA) is 64.5 Å². The molecule has 0 aliphatic rings. The lowest BCUT2D eigenvalue weighted by atomic mass is 9.92. The second-order valence-electron chi connectivity index (χ2n) is 14.1. The Morgan fingerprint density at radius 2 is 0.621 bits per heavy atom. The molecule has 0 aliphatic carbocycles. The third-order valence-corrected chi connectivity index (χ3v) is 10.4. The summed E-state index contributed by atoms with van der Waals surface area (Å²) in [7, 11) is 0. The summed E-state index contributed by atoms with van der Waals surface area (Å²) < 4.78 is 0. The molecule has 2 aromatic heterocycles. The highest BCUT2D eigenvalue weighted by atomic mass is 15.0. The van der Waals surface area contributed by atoms with Gasteiger partial charge in [-0.3, -0.25) is 0 Å². The van der Waals surface area contributed by atoms with Gasteiger partial charge in [-0.25, -0.2) is 24.9 Å². The average molecular weight is 742 g/mol. The fraction of sp³-hybridized carbons (Fsp3) is 0. The van der Waals surface area contributed by atoms with E-state index >= 15 is 0 Å². The van der Waals surface area contributed by atoms with E-state index in [0.29, 0.717) is 23.3 Å². The van der Waals surface area contributed by atoms with Gasteiger partial charge in [-0.1, -0.05) is 206 Å². The zero-order valence-electron chi connectivity index (χ0n) is 31.4. The first-order valence-electron chi connectivity index (χ1n) is 19.3. The van der Waals surface area contributed by atoms with Crippen LogP contribution < -0.4 is 0 Å². The average Bonchev–Trinajstić information content (AvgIpc) is 3.32. The predicted octanol–water partition coefficient (Wildman–Crippen LogP) is 13.2. The van der Waals surface area contributed by atoms with E-state index in [1.54, 1.807) is 0 Å². The number of hydrogen-bond donors (Lipinski definition) is 0. The van der Waals surface area contributed by atoms with E-state index in [-0.39, 0.29) is 0 Å². The molecule has 0 spiro atoms. The zero-order chi connectivity index (χ0) is 38.7. The summed E-state index contributed by atoms with van der Waals surface area (Å²) in [4.78, 5) is 25.3. The Labute approximate surface area is 337 Å². The summed E-state index contributed by atoms with van der Waals surface area (Å²) >= 11 is 0. The minimum absolute atomic E-state index is 0.633. The summed E-state index contributed by atoms with van der Waals surface area (Å²) in [6.07, 6.45) is 0. The maximum absolute atomic E-state index is 5.15. The van der Waals surface area contributed by atoms with E-state index in [1.165, 1.54) is 0 Å². The van der Waals surface area contributed by atoms with Crippen molar-refractivity contribution in [1.82, 2.24) is 24.9 Å². The molecule has 272 valence electrons. The monoisotopic (exact) mass is 741 g/mol. The van der Waals surface area contributed by atoms with Crippen LogP contribution in [0.1, 0.15) is 0 Å². The zero-order valence-corrected chi connectivity index (χ0v) is 31.4. The maximum Gasteiger partial charge on any atom is 0.165 e. The molecule has 8 aromatic carbocycles. The van der Waals surface area contributed by atoms with Crippen molar-refractivity contribution >= 4 is 10.8 Å². The van der Waals surface area contributed by atoms with Gasteiger partial charge in [-0.15, -0.1) is 0 Å². The number of rotatable bonds is 8. The van der Waals surface area contributed by atoms with Crippen molar-refractivity contribution in [2.75, 3.05) is 0 Å². The van der Waals surface area contributed by atoms with E-state index in [0.717, 1.165) is 77.8 Å². The highest BCUT2D eigenvalue weighted by Crippen LogP contribution is 2.39. The first-order valence-corrected chi connectivity index (χ1v) is 19.3. The third kappa shape index (κ3) is 6.93. The van der Waals surface area contributed by atoms with E-state index in [9.17, 15) is 0 Å². The lowest BCUT2D eigenvalue weighted by molar-refractivity contribution is 1.08. The van der Waals surface area contributed by atoms with Crippen LogP contribution in [0.2, 0.25) is 0 Å². The summed E-state index contributed by atoms with van der Waals surface area (Å²) in [6.45, 7) is 0. The number of aromatic nitrogens is 5. The van der Waals surface area contributed by atoms with Gasteiger partial charge in [-0.05, 0) is 39.1 Å². The summed E-state index contributed by atoms with van der Waals surface area (Å²) in [5.74, 6) is 2.59. The van der Waals surface area contributed by atoms with E-state index < -0.39 is 0 Å². The molecule has 0 N–H and O–H groups in total. The number of fused-ring (bicyclic) bond motifs is 1. The van der Waals surface area contributed by atoms with E-state index in [2.05, 4.69) is 115 Å². The molecule has 0 saturated carbocycles. The smallest absolute Gasteiger partial charge is 0.165 e. The first kappa shape index (κ1) is 34.6. The predicted molar refractivity (Wildman–Crippen MR) is 236 cm³/mol. The van der Waals surface area contributed by atoms with Crippen LogP contribution >= 0.6 is 0 Å². The maximum atomic E-state index is 5.15. The lowest BCUT2D eigenvalue weighted by Gasteiger charge is -2.15. The van der Waals surface area contributed by atoms with Crippen LogP contribution in [-0.4, -0.2) is 24.9 Å². The molecule has 0 fully saturated rings. The normalized spacial score (nSPS) is 11.1. The minimum Gasteiger partial charge on any atom is -0.228 e. The second-order valence-corrected chi connectivity index (χ2v) is 14.1. The van der Waals surface area contributed by atoms with Gasteiger partial charge in [0.15, 0.2) is 23.3 Å². The van der Waals surface area contributed by atoms with Crippen molar-refractivity contribution in [3.05, 3.63) is 212 Å². The fourth-order valence-corrected chi connectivity index (χ4v) is 7.42. The van der Waals surface area contributed by atoms with Gasteiger partial charge in [0.25, 0.3) is 0 Å². The van der Waals surface area contributed by atoms with Crippen LogP contribution in [0.25, 0.3) is 101 Å². The van der Waals surface area contributed by atoms with Crippen LogP contribution in [0.4, 0.5) is 0 Å². The van der Waals surface area contributed by atoms with Crippen LogP contribution in [0, 0.1) is 0 Å². The molecule has 10 rings (SSSR count).